The Kier molecular flexibility index (Phi) is 4.67. The van der Waals surface area contributed by atoms with Crippen molar-refractivity contribution < 1.29 is 26.5 Å². The Labute approximate surface area is 106 Å². The number of carbonyl (C=O) groups excluding carboxylic acids is 1. The van der Waals surface area contributed by atoms with Crippen LogP contribution in [-0.4, -0.2) is 6.09 Å². The number of ether oxygens (including phenoxy) is 1. The molecule has 0 bridgehead atoms. The van der Waals surface area contributed by atoms with Crippen LogP contribution in [0.5, 0.6) is 5.75 Å². The Morgan fingerprint density at radius 2 is 1.82 bits per heavy atom. The van der Waals surface area contributed by atoms with E-state index in [4.69, 9.17) is 4.74 Å². The van der Waals surface area contributed by atoms with Gasteiger partial charge in [0.1, 0.15) is 5.75 Å². The van der Waals surface area contributed by atoms with Gasteiger partial charge in [0.05, 0.1) is 0 Å². The molecule has 0 spiro atoms. The molecule has 0 atom stereocenters. The van der Waals surface area contributed by atoms with Crippen LogP contribution >= 0.6 is 0 Å². The van der Waals surface area contributed by atoms with Crippen LogP contribution in [-0.2, 0) is 0 Å². The van der Waals surface area contributed by atoms with Gasteiger partial charge in [0.2, 0.25) is 0 Å². The molecule has 3 nitrogen and oxygen atoms in total. The van der Waals surface area contributed by atoms with Crippen LogP contribution in [0.2, 0.25) is 0 Å². The fourth-order valence-corrected chi connectivity index (χ4v) is 1.35. The molecule has 0 aliphatic rings. The van der Waals surface area contributed by atoms with Crippen molar-refractivity contribution in [1.82, 2.24) is 0 Å². The fourth-order valence-electron chi connectivity index (χ4n) is 1.35. The molecule has 1 aromatic carbocycles. The number of carbonyl (C=O) groups is 1. The quantitative estimate of drug-likeness (QED) is 0.628. The van der Waals surface area contributed by atoms with E-state index in [0.29, 0.717) is 5.75 Å². The zero-order valence-electron chi connectivity index (χ0n) is 9.34. The lowest BCUT2D eigenvalue weighted by atomic mass is 10.3. The predicted octanol–water partition coefficient (Wildman–Crippen LogP) is -0.666. The minimum atomic E-state index is -0.408. The summed E-state index contributed by atoms with van der Waals surface area (Å²) in [5.41, 5.74) is 1.01. The smallest absolute Gasteiger partial charge is 0.607 e. The van der Waals surface area contributed by atoms with Gasteiger partial charge in [0.15, 0.2) is 12.4 Å². The van der Waals surface area contributed by atoms with E-state index >= 15 is 0 Å². The monoisotopic (exact) mass is 249 g/mol. The molecule has 1 heterocycles. The molecular formula is C13H12ClNO2. The largest absolute Gasteiger partial charge is 1.00 e. The highest BCUT2D eigenvalue weighted by molar-refractivity contribution is 5.60. The van der Waals surface area contributed by atoms with E-state index in [1.165, 1.54) is 4.57 Å². The summed E-state index contributed by atoms with van der Waals surface area (Å²) in [4.78, 5) is 11.7. The third-order valence-corrected chi connectivity index (χ3v) is 2.11. The standard InChI is InChI=1S/C13H12NO2.ClH/c1-11-6-5-9-14(10-11)13(15)16-12-7-3-2-4-8-12;/h2-10H,1H3;1H/q+1;/p-1. The summed E-state index contributed by atoms with van der Waals surface area (Å²) in [5.74, 6) is 0.543. The summed E-state index contributed by atoms with van der Waals surface area (Å²) in [6.45, 7) is 1.92. The number of halogens is 1. The summed E-state index contributed by atoms with van der Waals surface area (Å²) >= 11 is 0. The second-order valence-corrected chi connectivity index (χ2v) is 3.47. The van der Waals surface area contributed by atoms with E-state index in [9.17, 15) is 4.79 Å². The number of hydrogen-bond acceptors (Lipinski definition) is 2. The molecule has 2 rings (SSSR count). The number of pyridine rings is 1. The lowest BCUT2D eigenvalue weighted by molar-refractivity contribution is -0.582. The molecule has 0 aliphatic carbocycles. The number of aromatic nitrogens is 1. The second-order valence-electron chi connectivity index (χ2n) is 3.47. The van der Waals surface area contributed by atoms with Crippen molar-refractivity contribution in [3.8, 4) is 5.75 Å². The van der Waals surface area contributed by atoms with Gasteiger partial charge in [-0.25, -0.2) is 0 Å². The van der Waals surface area contributed by atoms with Crippen LogP contribution in [0, 0.1) is 6.92 Å². The highest BCUT2D eigenvalue weighted by atomic mass is 35.5. The molecule has 1 aromatic heterocycles. The first-order valence-electron chi connectivity index (χ1n) is 5.01. The van der Waals surface area contributed by atoms with Crippen LogP contribution < -0.4 is 21.7 Å². The van der Waals surface area contributed by atoms with Crippen LogP contribution in [0.4, 0.5) is 4.79 Å². The van der Waals surface area contributed by atoms with Gasteiger partial charge >= 0.3 is 6.09 Å². The predicted molar refractivity (Wildman–Crippen MR) is 59.2 cm³/mol. The van der Waals surface area contributed by atoms with Crippen molar-refractivity contribution in [2.24, 2.45) is 0 Å². The summed E-state index contributed by atoms with van der Waals surface area (Å²) in [6.07, 6.45) is 2.98. The SMILES string of the molecule is Cc1ccc[n+](C(=O)Oc2ccccc2)c1.[Cl-]. The van der Waals surface area contributed by atoms with Gasteiger partial charge in [-0.2, -0.15) is 4.79 Å². The molecule has 0 radical (unpaired) electrons. The average molecular weight is 250 g/mol. The number of aryl methyl sites for hydroxylation is 1. The normalized spacial score (nSPS) is 9.24. The van der Waals surface area contributed by atoms with Gasteiger partial charge in [-0.15, -0.1) is 0 Å². The zero-order chi connectivity index (χ0) is 11.4. The van der Waals surface area contributed by atoms with E-state index < -0.39 is 6.09 Å². The lowest BCUT2D eigenvalue weighted by Crippen LogP contribution is -3.00. The molecule has 0 unspecified atom stereocenters. The van der Waals surface area contributed by atoms with E-state index in [0.717, 1.165) is 5.56 Å². The Morgan fingerprint density at radius 3 is 2.47 bits per heavy atom. The Bertz CT molecular complexity index is 500. The third kappa shape index (κ3) is 3.57. The van der Waals surface area contributed by atoms with Gasteiger partial charge in [-0.1, -0.05) is 22.8 Å². The topological polar surface area (TPSA) is 30.2 Å². The Morgan fingerprint density at radius 1 is 1.12 bits per heavy atom. The van der Waals surface area contributed by atoms with Gasteiger partial charge in [0, 0.05) is 11.6 Å². The summed E-state index contributed by atoms with van der Waals surface area (Å²) in [7, 11) is 0. The lowest BCUT2D eigenvalue weighted by Gasteiger charge is -1.98. The van der Waals surface area contributed by atoms with Crippen molar-refractivity contribution in [2.75, 3.05) is 0 Å². The van der Waals surface area contributed by atoms with Crippen molar-refractivity contribution >= 4 is 6.09 Å². The molecule has 0 amide bonds. The first-order chi connectivity index (χ1) is 7.75. The molecule has 0 fully saturated rings. The first-order valence-corrected chi connectivity index (χ1v) is 5.01. The maximum atomic E-state index is 11.7. The number of hydrogen-bond donors (Lipinski definition) is 0. The third-order valence-electron chi connectivity index (χ3n) is 2.11. The molecule has 0 aliphatic heterocycles. The maximum Gasteiger partial charge on any atom is 0.607 e. The van der Waals surface area contributed by atoms with Gasteiger partial charge < -0.3 is 17.1 Å². The molecule has 4 heteroatoms. The summed E-state index contributed by atoms with van der Waals surface area (Å²) in [6, 6.07) is 12.7. The molecule has 17 heavy (non-hydrogen) atoms. The summed E-state index contributed by atoms with van der Waals surface area (Å²) in [5, 5.41) is 0. The Balaban J connectivity index is 0.00000144. The van der Waals surface area contributed by atoms with Crippen LogP contribution in [0.15, 0.2) is 54.9 Å². The number of nitrogens with zero attached hydrogens (tertiary/aromatic N) is 1. The highest BCUT2D eigenvalue weighted by Gasteiger charge is 2.16. The highest BCUT2D eigenvalue weighted by Crippen LogP contribution is 2.07. The van der Waals surface area contributed by atoms with Gasteiger partial charge in [0.25, 0.3) is 0 Å². The van der Waals surface area contributed by atoms with Crippen LogP contribution in [0.25, 0.3) is 0 Å². The van der Waals surface area contributed by atoms with Crippen molar-refractivity contribution in [2.45, 2.75) is 6.92 Å². The summed E-state index contributed by atoms with van der Waals surface area (Å²) < 4.78 is 6.60. The first kappa shape index (κ1) is 13.2. The van der Waals surface area contributed by atoms with Gasteiger partial charge in [-0.05, 0) is 25.1 Å². The van der Waals surface area contributed by atoms with Crippen molar-refractivity contribution in [1.29, 1.82) is 0 Å². The van der Waals surface area contributed by atoms with E-state index in [1.54, 1.807) is 24.5 Å². The molecule has 0 saturated heterocycles. The fraction of sp³-hybridized carbons (Fsp3) is 0.0769. The van der Waals surface area contributed by atoms with Crippen molar-refractivity contribution in [3.63, 3.8) is 0 Å². The maximum absolute atomic E-state index is 11.7. The average Bonchev–Trinajstić information content (AvgIpc) is 2.30. The van der Waals surface area contributed by atoms with E-state index in [2.05, 4.69) is 0 Å². The van der Waals surface area contributed by atoms with Crippen LogP contribution in [0.3, 0.4) is 0 Å². The molecule has 0 saturated carbocycles. The Hall–Kier alpha value is -1.87. The molecule has 2 aromatic rings. The van der Waals surface area contributed by atoms with E-state index in [1.807, 2.05) is 37.3 Å². The van der Waals surface area contributed by atoms with Gasteiger partial charge in [-0.3, -0.25) is 0 Å². The zero-order valence-corrected chi connectivity index (χ0v) is 10.1. The number of rotatable bonds is 1. The molecular weight excluding hydrogens is 238 g/mol. The number of para-hydroxylation sites is 1. The minimum absolute atomic E-state index is 0. The molecule has 88 valence electrons. The molecule has 0 N–H and O–H groups in total. The minimum Gasteiger partial charge on any atom is -1.00 e. The van der Waals surface area contributed by atoms with Crippen LogP contribution in [0.1, 0.15) is 5.56 Å². The number of benzene rings is 1. The van der Waals surface area contributed by atoms with E-state index in [-0.39, 0.29) is 12.4 Å². The van der Waals surface area contributed by atoms with Crippen molar-refractivity contribution in [3.05, 3.63) is 60.4 Å². The second kappa shape index (κ2) is 6.01.